The lowest BCUT2D eigenvalue weighted by Gasteiger charge is -2.09. The molecule has 16 heavy (non-hydrogen) atoms. The third-order valence-corrected chi connectivity index (χ3v) is 3.02. The van der Waals surface area contributed by atoms with Gasteiger partial charge in [0.2, 0.25) is 0 Å². The van der Waals surface area contributed by atoms with Gasteiger partial charge in [-0.1, -0.05) is 6.92 Å². The van der Waals surface area contributed by atoms with E-state index in [4.69, 9.17) is 0 Å². The lowest BCUT2D eigenvalue weighted by Crippen LogP contribution is -2.17. The van der Waals surface area contributed by atoms with Gasteiger partial charge in [0.1, 0.15) is 11.5 Å². The topological polar surface area (TPSA) is 52.0 Å². The van der Waals surface area contributed by atoms with Crippen LogP contribution in [0.3, 0.4) is 0 Å². The first-order valence-corrected chi connectivity index (χ1v) is 5.80. The van der Waals surface area contributed by atoms with E-state index in [0.29, 0.717) is 25.0 Å². The summed E-state index contributed by atoms with van der Waals surface area (Å²) in [6, 6.07) is 1.75. The predicted octanol–water partition coefficient (Wildman–Crippen LogP) is 1.84. The Hall–Kier alpha value is -1.45. The molecule has 4 nitrogen and oxygen atoms in total. The van der Waals surface area contributed by atoms with Crippen molar-refractivity contribution in [2.75, 3.05) is 0 Å². The summed E-state index contributed by atoms with van der Waals surface area (Å²) in [5.74, 6) is 0.177. The lowest BCUT2D eigenvalue weighted by atomic mass is 10.00. The molecule has 1 aromatic rings. The number of carbonyl (C=O) groups excluding carboxylic acids is 2. The van der Waals surface area contributed by atoms with Gasteiger partial charge in [0.25, 0.3) is 0 Å². The minimum atomic E-state index is -0.111. The molecule has 0 amide bonds. The molecular formula is C12H16N2O2. The van der Waals surface area contributed by atoms with E-state index in [9.17, 15) is 9.59 Å². The third-order valence-electron chi connectivity index (χ3n) is 3.02. The summed E-state index contributed by atoms with van der Waals surface area (Å²) in [4.78, 5) is 23.3. The standard InChI is InChI=1S/C12H16N2O2/c1-2-7-14-11(5-6-13-14)12(16)9-3-4-10(15)8-9/h5-6,9H,2-4,7-8H2,1H3. The van der Waals surface area contributed by atoms with E-state index in [1.807, 2.05) is 0 Å². The Morgan fingerprint density at radius 3 is 3.06 bits per heavy atom. The average molecular weight is 220 g/mol. The van der Waals surface area contributed by atoms with Gasteiger partial charge in [-0.15, -0.1) is 0 Å². The molecule has 0 spiro atoms. The van der Waals surface area contributed by atoms with E-state index in [2.05, 4.69) is 12.0 Å². The molecular weight excluding hydrogens is 204 g/mol. The van der Waals surface area contributed by atoms with E-state index >= 15 is 0 Å². The number of hydrogen-bond donors (Lipinski definition) is 0. The van der Waals surface area contributed by atoms with E-state index in [1.54, 1.807) is 16.9 Å². The van der Waals surface area contributed by atoms with Crippen molar-refractivity contribution in [1.82, 2.24) is 9.78 Å². The summed E-state index contributed by atoms with van der Waals surface area (Å²) in [7, 11) is 0. The molecule has 4 heteroatoms. The van der Waals surface area contributed by atoms with Gasteiger partial charge in [-0.25, -0.2) is 0 Å². The highest BCUT2D eigenvalue weighted by Gasteiger charge is 2.30. The molecule has 0 saturated heterocycles. The highest BCUT2D eigenvalue weighted by atomic mass is 16.1. The summed E-state index contributed by atoms with van der Waals surface area (Å²) in [5.41, 5.74) is 0.654. The second kappa shape index (κ2) is 4.60. The van der Waals surface area contributed by atoms with Crippen LogP contribution in [-0.4, -0.2) is 21.3 Å². The summed E-state index contributed by atoms with van der Waals surface area (Å²) in [5, 5.41) is 4.13. The Bertz CT molecular complexity index is 409. The van der Waals surface area contributed by atoms with Crippen LogP contribution in [0, 0.1) is 5.92 Å². The molecule has 1 heterocycles. The highest BCUT2D eigenvalue weighted by Crippen LogP contribution is 2.25. The van der Waals surface area contributed by atoms with E-state index in [0.717, 1.165) is 13.0 Å². The normalized spacial score (nSPS) is 20.3. The Kier molecular flexibility index (Phi) is 3.17. The lowest BCUT2D eigenvalue weighted by molar-refractivity contribution is -0.117. The first-order valence-electron chi connectivity index (χ1n) is 5.80. The van der Waals surface area contributed by atoms with Crippen molar-refractivity contribution >= 4 is 11.6 Å². The number of carbonyl (C=O) groups is 2. The highest BCUT2D eigenvalue weighted by molar-refractivity contribution is 6.00. The largest absolute Gasteiger partial charge is 0.300 e. The fourth-order valence-electron chi connectivity index (χ4n) is 2.18. The predicted molar refractivity (Wildman–Crippen MR) is 59.2 cm³/mol. The smallest absolute Gasteiger partial charge is 0.184 e. The number of ketones is 2. The average Bonchev–Trinajstić information content (AvgIpc) is 2.87. The maximum Gasteiger partial charge on any atom is 0.184 e. The van der Waals surface area contributed by atoms with Crippen molar-refractivity contribution in [3.05, 3.63) is 18.0 Å². The number of hydrogen-bond acceptors (Lipinski definition) is 3. The summed E-state index contributed by atoms with van der Waals surface area (Å²) in [6.07, 6.45) is 4.27. The van der Waals surface area contributed by atoms with Crippen LogP contribution in [0.1, 0.15) is 43.1 Å². The third kappa shape index (κ3) is 2.05. The molecule has 1 aromatic heterocycles. The Labute approximate surface area is 94.6 Å². The van der Waals surface area contributed by atoms with Crippen molar-refractivity contribution in [2.24, 2.45) is 5.92 Å². The summed E-state index contributed by atoms with van der Waals surface area (Å²) < 4.78 is 1.74. The monoisotopic (exact) mass is 220 g/mol. The molecule has 2 rings (SSSR count). The van der Waals surface area contributed by atoms with Crippen LogP contribution in [0.2, 0.25) is 0 Å². The second-order valence-electron chi connectivity index (χ2n) is 4.28. The molecule has 1 saturated carbocycles. The molecule has 1 unspecified atom stereocenters. The molecule has 1 atom stereocenters. The van der Waals surface area contributed by atoms with Crippen LogP contribution in [-0.2, 0) is 11.3 Å². The van der Waals surface area contributed by atoms with Crippen molar-refractivity contribution in [1.29, 1.82) is 0 Å². The molecule has 1 aliphatic rings. The van der Waals surface area contributed by atoms with E-state index in [-0.39, 0.29) is 17.5 Å². The fourth-order valence-corrected chi connectivity index (χ4v) is 2.18. The summed E-state index contributed by atoms with van der Waals surface area (Å²) in [6.45, 7) is 2.81. The maximum absolute atomic E-state index is 12.1. The van der Waals surface area contributed by atoms with Crippen LogP contribution in [0.25, 0.3) is 0 Å². The molecule has 1 aliphatic carbocycles. The Morgan fingerprint density at radius 1 is 1.62 bits per heavy atom. The number of nitrogens with zero attached hydrogens (tertiary/aromatic N) is 2. The van der Waals surface area contributed by atoms with Gasteiger partial charge in [-0.05, 0) is 18.9 Å². The second-order valence-corrected chi connectivity index (χ2v) is 4.28. The molecule has 1 fully saturated rings. The number of aryl methyl sites for hydroxylation is 1. The van der Waals surface area contributed by atoms with Crippen LogP contribution in [0.15, 0.2) is 12.3 Å². The number of Topliss-reactive ketones (excluding diaryl/α,β-unsaturated/α-hetero) is 2. The minimum absolute atomic E-state index is 0.0804. The Balaban J connectivity index is 2.14. The zero-order valence-corrected chi connectivity index (χ0v) is 9.48. The van der Waals surface area contributed by atoms with Gasteiger partial charge in [0.15, 0.2) is 5.78 Å². The molecule has 0 radical (unpaired) electrons. The molecule has 0 N–H and O–H groups in total. The van der Waals surface area contributed by atoms with E-state index in [1.165, 1.54) is 0 Å². The maximum atomic E-state index is 12.1. The minimum Gasteiger partial charge on any atom is -0.300 e. The number of rotatable bonds is 4. The molecule has 86 valence electrons. The van der Waals surface area contributed by atoms with Crippen LogP contribution in [0.4, 0.5) is 0 Å². The Morgan fingerprint density at radius 2 is 2.44 bits per heavy atom. The molecule has 0 bridgehead atoms. The SMILES string of the molecule is CCCn1nccc1C(=O)C1CCC(=O)C1. The van der Waals surface area contributed by atoms with Gasteiger partial charge < -0.3 is 0 Å². The molecule has 0 aliphatic heterocycles. The van der Waals surface area contributed by atoms with Gasteiger partial charge in [0, 0.05) is 31.5 Å². The zero-order chi connectivity index (χ0) is 11.5. The fraction of sp³-hybridized carbons (Fsp3) is 0.583. The zero-order valence-electron chi connectivity index (χ0n) is 9.48. The van der Waals surface area contributed by atoms with Gasteiger partial charge >= 0.3 is 0 Å². The van der Waals surface area contributed by atoms with Crippen molar-refractivity contribution in [2.45, 2.75) is 39.2 Å². The first kappa shape index (κ1) is 11.0. The quantitative estimate of drug-likeness (QED) is 0.727. The summed E-state index contributed by atoms with van der Waals surface area (Å²) >= 11 is 0. The van der Waals surface area contributed by atoms with Crippen LogP contribution < -0.4 is 0 Å². The van der Waals surface area contributed by atoms with Crippen molar-refractivity contribution in [3.63, 3.8) is 0 Å². The van der Waals surface area contributed by atoms with Crippen molar-refractivity contribution < 1.29 is 9.59 Å². The van der Waals surface area contributed by atoms with E-state index < -0.39 is 0 Å². The molecule has 0 aromatic carbocycles. The number of aromatic nitrogens is 2. The van der Waals surface area contributed by atoms with Crippen LogP contribution in [0.5, 0.6) is 0 Å². The van der Waals surface area contributed by atoms with Gasteiger partial charge in [-0.3, -0.25) is 14.3 Å². The first-order chi connectivity index (χ1) is 7.72. The van der Waals surface area contributed by atoms with Crippen LogP contribution >= 0.6 is 0 Å². The van der Waals surface area contributed by atoms with Crippen molar-refractivity contribution in [3.8, 4) is 0 Å². The van der Waals surface area contributed by atoms with Gasteiger partial charge in [0.05, 0.1) is 0 Å². The van der Waals surface area contributed by atoms with Gasteiger partial charge in [-0.2, -0.15) is 5.10 Å².